The lowest BCUT2D eigenvalue weighted by Gasteiger charge is -2.26. The molecule has 0 amide bonds. The first-order chi connectivity index (χ1) is 15.5. The van der Waals surface area contributed by atoms with Crippen molar-refractivity contribution < 1.29 is 14.3 Å². The van der Waals surface area contributed by atoms with Crippen molar-refractivity contribution in [1.82, 2.24) is 9.55 Å². The predicted molar refractivity (Wildman–Crippen MR) is 129 cm³/mol. The molecule has 1 aromatic carbocycles. The van der Waals surface area contributed by atoms with E-state index < -0.39 is 0 Å². The van der Waals surface area contributed by atoms with E-state index in [-0.39, 0.29) is 23.4 Å². The van der Waals surface area contributed by atoms with E-state index in [1.807, 2.05) is 18.2 Å². The Balaban J connectivity index is 1.73. The topological polar surface area (TPSA) is 70.4 Å². The summed E-state index contributed by atoms with van der Waals surface area (Å²) >= 11 is 2.79. The Labute approximate surface area is 196 Å². The van der Waals surface area contributed by atoms with Crippen LogP contribution in [0.5, 0.6) is 0 Å². The summed E-state index contributed by atoms with van der Waals surface area (Å²) in [5.74, 6) is 0.201. The number of hydrogen-bond donors (Lipinski definition) is 0. The number of carbonyl (C=O) groups excluding carboxylic acids is 1. The Morgan fingerprint density at radius 3 is 2.84 bits per heavy atom. The Morgan fingerprint density at radius 1 is 1.34 bits per heavy atom. The molecule has 3 heterocycles. The van der Waals surface area contributed by atoms with Crippen molar-refractivity contribution in [3.63, 3.8) is 0 Å². The number of thiophene rings is 1. The van der Waals surface area contributed by atoms with E-state index in [0.717, 1.165) is 27.3 Å². The number of fused-ring (bicyclic) bond motifs is 3. The molecule has 0 bridgehead atoms. The summed E-state index contributed by atoms with van der Waals surface area (Å²) in [5.41, 5.74) is 2.21. The van der Waals surface area contributed by atoms with Gasteiger partial charge in [0.25, 0.3) is 5.56 Å². The van der Waals surface area contributed by atoms with Crippen LogP contribution in [0.4, 0.5) is 0 Å². The summed E-state index contributed by atoms with van der Waals surface area (Å²) in [6.45, 7) is 7.43. The van der Waals surface area contributed by atoms with Crippen LogP contribution in [0.1, 0.15) is 36.8 Å². The second kappa shape index (κ2) is 10.2. The van der Waals surface area contributed by atoms with Gasteiger partial charge in [0.1, 0.15) is 4.83 Å². The molecule has 0 unspecified atom stereocenters. The largest absolute Gasteiger partial charge is 0.465 e. The number of carbonyl (C=O) groups is 1. The van der Waals surface area contributed by atoms with Crippen LogP contribution in [-0.2, 0) is 40.3 Å². The maximum atomic E-state index is 13.7. The molecule has 4 rings (SSSR count). The van der Waals surface area contributed by atoms with Crippen molar-refractivity contribution in [2.75, 3.05) is 12.4 Å². The van der Waals surface area contributed by atoms with E-state index in [0.29, 0.717) is 42.6 Å². The summed E-state index contributed by atoms with van der Waals surface area (Å²) in [6, 6.07) is 10.1. The zero-order chi connectivity index (χ0) is 22.7. The fourth-order valence-electron chi connectivity index (χ4n) is 3.89. The van der Waals surface area contributed by atoms with Crippen LogP contribution in [-0.4, -0.2) is 34.0 Å². The zero-order valence-electron chi connectivity index (χ0n) is 18.6. The summed E-state index contributed by atoms with van der Waals surface area (Å²) in [6.07, 6.45) is 1.55. The van der Waals surface area contributed by atoms with Gasteiger partial charge in [-0.15, -0.1) is 11.3 Å². The molecule has 0 aliphatic carbocycles. The number of esters is 1. The van der Waals surface area contributed by atoms with Crippen LogP contribution in [0.2, 0.25) is 0 Å². The number of aryl methyl sites for hydroxylation is 1. The smallest absolute Gasteiger partial charge is 0.316 e. The van der Waals surface area contributed by atoms with Crippen molar-refractivity contribution in [2.45, 2.75) is 58.0 Å². The molecule has 0 saturated carbocycles. The maximum absolute atomic E-state index is 13.7. The molecule has 32 heavy (non-hydrogen) atoms. The number of hydrogen-bond acceptors (Lipinski definition) is 7. The lowest BCUT2D eigenvalue weighted by molar-refractivity contribution is -0.139. The molecule has 1 aliphatic heterocycles. The van der Waals surface area contributed by atoms with Gasteiger partial charge in [0.05, 0.1) is 30.5 Å². The van der Waals surface area contributed by atoms with Crippen molar-refractivity contribution in [1.29, 1.82) is 0 Å². The number of benzene rings is 1. The van der Waals surface area contributed by atoms with Crippen LogP contribution in [0.15, 0.2) is 40.3 Å². The third-order valence-electron chi connectivity index (χ3n) is 5.63. The average molecular weight is 473 g/mol. The lowest BCUT2D eigenvalue weighted by Crippen LogP contribution is -2.29. The Morgan fingerprint density at radius 2 is 2.12 bits per heavy atom. The lowest BCUT2D eigenvalue weighted by atomic mass is 9.96. The molecule has 0 radical (unpaired) electrons. The normalized spacial score (nSPS) is 15.8. The molecule has 0 saturated heterocycles. The molecular weight excluding hydrogens is 444 g/mol. The van der Waals surface area contributed by atoms with E-state index in [4.69, 9.17) is 14.5 Å². The zero-order valence-corrected chi connectivity index (χ0v) is 20.3. The van der Waals surface area contributed by atoms with Crippen molar-refractivity contribution in [2.24, 2.45) is 5.92 Å². The Bertz CT molecular complexity index is 1150. The molecule has 3 aromatic rings. The van der Waals surface area contributed by atoms with Crippen LogP contribution >= 0.6 is 23.1 Å². The minimum Gasteiger partial charge on any atom is -0.465 e. The van der Waals surface area contributed by atoms with Gasteiger partial charge in [-0.3, -0.25) is 14.2 Å². The van der Waals surface area contributed by atoms with Crippen molar-refractivity contribution in [3.05, 3.63) is 56.7 Å². The van der Waals surface area contributed by atoms with Gasteiger partial charge in [-0.25, -0.2) is 4.98 Å². The molecule has 0 fully saturated rings. The molecule has 1 aliphatic rings. The van der Waals surface area contributed by atoms with Crippen molar-refractivity contribution >= 4 is 39.3 Å². The summed E-state index contributed by atoms with van der Waals surface area (Å²) < 4.78 is 12.8. The summed E-state index contributed by atoms with van der Waals surface area (Å²) in [5, 5.41) is 1.28. The second-order valence-electron chi connectivity index (χ2n) is 8.16. The molecule has 0 spiro atoms. The third-order valence-corrected chi connectivity index (χ3v) is 7.68. The van der Waals surface area contributed by atoms with E-state index in [1.165, 1.54) is 23.1 Å². The van der Waals surface area contributed by atoms with Crippen molar-refractivity contribution in [3.8, 4) is 0 Å². The highest BCUT2D eigenvalue weighted by atomic mass is 32.2. The van der Waals surface area contributed by atoms with E-state index in [2.05, 4.69) is 26.0 Å². The van der Waals surface area contributed by atoms with Gasteiger partial charge < -0.3 is 9.47 Å². The van der Waals surface area contributed by atoms with Gasteiger partial charge in [0.2, 0.25) is 0 Å². The van der Waals surface area contributed by atoms with Gasteiger partial charge in [-0.05, 0) is 30.4 Å². The number of aromatic nitrogens is 2. The fraction of sp³-hybridized carbons (Fsp3) is 0.458. The van der Waals surface area contributed by atoms with Gasteiger partial charge in [-0.1, -0.05) is 55.9 Å². The molecule has 1 atom stereocenters. The Hall–Kier alpha value is -2.16. The first kappa shape index (κ1) is 23.0. The molecule has 2 aromatic heterocycles. The standard InChI is InChI=1S/C24H28N2O4S2/c1-4-29-20(27)14-31-24-25-22-21(17-12-18(15(2)3)30-13-19(17)32-22)23(28)26(24)11-10-16-8-6-5-7-9-16/h5-9,15,18H,4,10-14H2,1-3H3/t18-/m1/s1. The minimum absolute atomic E-state index is 0.0285. The minimum atomic E-state index is -0.305. The van der Waals surface area contributed by atoms with Gasteiger partial charge in [0, 0.05) is 17.8 Å². The molecule has 0 N–H and O–H groups in total. The highest BCUT2D eigenvalue weighted by molar-refractivity contribution is 7.99. The van der Waals surface area contributed by atoms with Crippen LogP contribution in [0, 0.1) is 5.92 Å². The third kappa shape index (κ3) is 4.92. The van der Waals surface area contributed by atoms with Crippen LogP contribution in [0.3, 0.4) is 0 Å². The van der Waals surface area contributed by atoms with Crippen LogP contribution in [0.25, 0.3) is 10.2 Å². The van der Waals surface area contributed by atoms with Gasteiger partial charge in [0.15, 0.2) is 5.16 Å². The summed E-state index contributed by atoms with van der Waals surface area (Å²) in [4.78, 5) is 32.3. The number of thioether (sulfide) groups is 1. The molecule has 170 valence electrons. The first-order valence-corrected chi connectivity index (χ1v) is 12.8. The monoisotopic (exact) mass is 472 g/mol. The second-order valence-corrected chi connectivity index (χ2v) is 10.2. The average Bonchev–Trinajstić information content (AvgIpc) is 3.15. The van der Waals surface area contributed by atoms with Gasteiger partial charge in [-0.2, -0.15) is 0 Å². The highest BCUT2D eigenvalue weighted by Crippen LogP contribution is 2.36. The highest BCUT2D eigenvalue weighted by Gasteiger charge is 2.28. The molecular formula is C24H28N2O4S2. The van der Waals surface area contributed by atoms with Gasteiger partial charge >= 0.3 is 5.97 Å². The van der Waals surface area contributed by atoms with E-state index in [9.17, 15) is 9.59 Å². The quantitative estimate of drug-likeness (QED) is 0.274. The van der Waals surface area contributed by atoms with E-state index in [1.54, 1.807) is 11.5 Å². The maximum Gasteiger partial charge on any atom is 0.316 e. The first-order valence-electron chi connectivity index (χ1n) is 11.0. The molecule has 8 heteroatoms. The van der Waals surface area contributed by atoms with Crippen LogP contribution < -0.4 is 5.56 Å². The fourth-order valence-corrected chi connectivity index (χ4v) is 5.88. The van der Waals surface area contributed by atoms with E-state index >= 15 is 0 Å². The SMILES string of the molecule is CCOC(=O)CSc1nc2sc3c(c2c(=O)n1CCc1ccccc1)C[C@H](C(C)C)OC3. The molecule has 6 nitrogen and oxygen atoms in total. The number of ether oxygens (including phenoxy) is 2. The Kier molecular flexibility index (Phi) is 7.33. The number of rotatable bonds is 8. The summed E-state index contributed by atoms with van der Waals surface area (Å²) in [7, 11) is 0. The predicted octanol–water partition coefficient (Wildman–Crippen LogP) is 4.45. The number of nitrogens with zero attached hydrogens (tertiary/aromatic N) is 2.